The van der Waals surface area contributed by atoms with Crippen LogP contribution in [-0.2, 0) is 5.41 Å². The predicted octanol–water partition coefficient (Wildman–Crippen LogP) is 3.67. The highest BCUT2D eigenvalue weighted by Crippen LogP contribution is 2.25. The second kappa shape index (κ2) is 6.87. The van der Waals surface area contributed by atoms with Gasteiger partial charge in [0, 0.05) is 5.56 Å². The molecule has 2 heterocycles. The zero-order chi connectivity index (χ0) is 19.9. The molecule has 28 heavy (non-hydrogen) atoms. The van der Waals surface area contributed by atoms with Crippen LogP contribution in [0, 0.1) is 0 Å². The van der Waals surface area contributed by atoms with E-state index in [9.17, 15) is 4.79 Å². The number of ether oxygens (including phenoxy) is 1. The zero-order valence-corrected chi connectivity index (χ0v) is 17.1. The number of benzene rings is 2. The molecule has 0 aliphatic heterocycles. The van der Waals surface area contributed by atoms with E-state index in [0.717, 1.165) is 16.9 Å². The Hall–Kier alpha value is -2.99. The molecule has 2 aromatic heterocycles. The first-order chi connectivity index (χ1) is 13.3. The molecule has 5 nitrogen and oxygen atoms in total. The average molecular weight is 391 g/mol. The van der Waals surface area contributed by atoms with Gasteiger partial charge in [-0.3, -0.25) is 4.79 Å². The summed E-state index contributed by atoms with van der Waals surface area (Å²) in [6.07, 6.45) is 1.85. The third-order valence-corrected chi connectivity index (χ3v) is 5.56. The molecule has 0 N–H and O–H groups in total. The smallest absolute Gasteiger partial charge is 0.291 e. The van der Waals surface area contributed by atoms with Gasteiger partial charge in [-0.2, -0.15) is 9.50 Å². The van der Waals surface area contributed by atoms with Gasteiger partial charge in [0.1, 0.15) is 5.75 Å². The van der Waals surface area contributed by atoms with Crippen molar-refractivity contribution < 1.29 is 4.74 Å². The first-order valence-corrected chi connectivity index (χ1v) is 9.83. The number of hydrogen-bond acceptors (Lipinski definition) is 5. The number of methoxy groups -OCH3 is 1. The van der Waals surface area contributed by atoms with Crippen molar-refractivity contribution in [2.45, 2.75) is 26.2 Å². The molecule has 142 valence electrons. The molecular weight excluding hydrogens is 370 g/mol. The Morgan fingerprint density at radius 1 is 1.04 bits per heavy atom. The average Bonchev–Trinajstić information content (AvgIpc) is 3.22. The lowest BCUT2D eigenvalue weighted by Crippen LogP contribution is -2.23. The van der Waals surface area contributed by atoms with Crippen LogP contribution >= 0.6 is 11.3 Å². The molecule has 0 aliphatic rings. The normalized spacial score (nSPS) is 12.6. The first kappa shape index (κ1) is 18.4. The molecule has 0 amide bonds. The van der Waals surface area contributed by atoms with Gasteiger partial charge in [0.15, 0.2) is 5.82 Å². The Bertz CT molecular complexity index is 1230. The predicted molar refractivity (Wildman–Crippen MR) is 113 cm³/mol. The van der Waals surface area contributed by atoms with Gasteiger partial charge in [-0.1, -0.05) is 68.5 Å². The van der Waals surface area contributed by atoms with E-state index in [1.807, 2.05) is 42.5 Å². The van der Waals surface area contributed by atoms with Gasteiger partial charge in [0.05, 0.1) is 11.6 Å². The van der Waals surface area contributed by atoms with Gasteiger partial charge < -0.3 is 4.74 Å². The van der Waals surface area contributed by atoms with Gasteiger partial charge in [-0.25, -0.2) is 0 Å². The Balaban J connectivity index is 1.70. The highest BCUT2D eigenvalue weighted by atomic mass is 32.1. The van der Waals surface area contributed by atoms with Crippen molar-refractivity contribution in [3.63, 3.8) is 0 Å². The lowest BCUT2D eigenvalue weighted by atomic mass is 9.87. The second-order valence-electron chi connectivity index (χ2n) is 7.65. The first-order valence-electron chi connectivity index (χ1n) is 9.01. The summed E-state index contributed by atoms with van der Waals surface area (Å²) in [5, 5.41) is 4.43. The standard InChI is InChI=1S/C22H21N3O2S/c1-22(2,3)16-9-7-15(8-10-16)19-23-21-25(24-19)20(26)18(28-21)13-14-5-11-17(27-4)12-6-14/h5-13H,1-4H3. The molecular formula is C22H21N3O2S. The van der Waals surface area contributed by atoms with Crippen LogP contribution in [0.3, 0.4) is 0 Å². The van der Waals surface area contributed by atoms with Crippen LogP contribution in [-0.4, -0.2) is 21.7 Å². The van der Waals surface area contributed by atoms with E-state index in [2.05, 4.69) is 43.0 Å². The van der Waals surface area contributed by atoms with E-state index in [4.69, 9.17) is 4.74 Å². The number of thiazole rings is 1. The topological polar surface area (TPSA) is 56.5 Å². The molecule has 4 aromatic rings. The zero-order valence-electron chi connectivity index (χ0n) is 16.3. The minimum Gasteiger partial charge on any atom is -0.497 e. The van der Waals surface area contributed by atoms with Crippen LogP contribution in [0.5, 0.6) is 5.75 Å². The fourth-order valence-corrected chi connectivity index (χ4v) is 3.83. The minimum absolute atomic E-state index is 0.0921. The maximum atomic E-state index is 12.7. The van der Waals surface area contributed by atoms with Gasteiger partial charge in [0.2, 0.25) is 4.96 Å². The van der Waals surface area contributed by atoms with Crippen LogP contribution in [0.2, 0.25) is 0 Å². The maximum Gasteiger partial charge on any atom is 0.291 e. The summed E-state index contributed by atoms with van der Waals surface area (Å²) < 4.78 is 7.15. The summed E-state index contributed by atoms with van der Waals surface area (Å²) in [6.45, 7) is 6.53. The Morgan fingerprint density at radius 2 is 1.71 bits per heavy atom. The molecule has 0 bridgehead atoms. The summed E-state index contributed by atoms with van der Waals surface area (Å²) in [5.41, 5.74) is 3.03. The lowest BCUT2D eigenvalue weighted by Gasteiger charge is -2.18. The van der Waals surface area contributed by atoms with E-state index in [-0.39, 0.29) is 11.0 Å². The van der Waals surface area contributed by atoms with E-state index in [0.29, 0.717) is 15.3 Å². The number of nitrogens with zero attached hydrogens (tertiary/aromatic N) is 3. The summed E-state index contributed by atoms with van der Waals surface area (Å²) in [5.74, 6) is 1.35. The molecule has 0 spiro atoms. The molecule has 0 radical (unpaired) electrons. The number of aromatic nitrogens is 3. The molecule has 0 aliphatic carbocycles. The summed E-state index contributed by atoms with van der Waals surface area (Å²) in [6, 6.07) is 15.8. The fourth-order valence-electron chi connectivity index (χ4n) is 2.93. The van der Waals surface area contributed by atoms with Gasteiger partial charge in [-0.05, 0) is 34.8 Å². The highest BCUT2D eigenvalue weighted by Gasteiger charge is 2.15. The van der Waals surface area contributed by atoms with Crippen molar-refractivity contribution in [3.05, 3.63) is 74.5 Å². The molecule has 0 saturated carbocycles. The molecule has 2 aromatic carbocycles. The lowest BCUT2D eigenvalue weighted by molar-refractivity contribution is 0.415. The van der Waals surface area contributed by atoms with Crippen molar-refractivity contribution >= 4 is 22.4 Å². The second-order valence-corrected chi connectivity index (χ2v) is 8.66. The van der Waals surface area contributed by atoms with Crippen molar-refractivity contribution in [2.24, 2.45) is 0 Å². The number of fused-ring (bicyclic) bond motifs is 1. The molecule has 0 saturated heterocycles. The number of hydrogen-bond donors (Lipinski definition) is 0. The third-order valence-electron chi connectivity index (χ3n) is 4.60. The van der Waals surface area contributed by atoms with Crippen molar-refractivity contribution in [3.8, 4) is 17.1 Å². The van der Waals surface area contributed by atoms with E-state index in [1.165, 1.54) is 21.4 Å². The monoisotopic (exact) mass is 391 g/mol. The van der Waals surface area contributed by atoms with Gasteiger partial charge >= 0.3 is 0 Å². The Labute approximate surface area is 166 Å². The van der Waals surface area contributed by atoms with Crippen LogP contribution < -0.4 is 14.8 Å². The largest absolute Gasteiger partial charge is 0.497 e. The molecule has 6 heteroatoms. The van der Waals surface area contributed by atoms with Crippen LogP contribution in [0.25, 0.3) is 22.4 Å². The van der Waals surface area contributed by atoms with Gasteiger partial charge in [0.25, 0.3) is 5.56 Å². The van der Waals surface area contributed by atoms with Crippen LogP contribution in [0.1, 0.15) is 31.9 Å². The molecule has 0 unspecified atom stereocenters. The van der Waals surface area contributed by atoms with E-state index in [1.54, 1.807) is 7.11 Å². The van der Waals surface area contributed by atoms with E-state index >= 15 is 0 Å². The molecule has 0 fully saturated rings. The quantitative estimate of drug-likeness (QED) is 0.535. The maximum absolute atomic E-state index is 12.7. The van der Waals surface area contributed by atoms with E-state index < -0.39 is 0 Å². The fraction of sp³-hybridized carbons (Fsp3) is 0.227. The van der Waals surface area contributed by atoms with Crippen LogP contribution in [0.4, 0.5) is 0 Å². The number of rotatable bonds is 3. The Morgan fingerprint density at radius 3 is 2.29 bits per heavy atom. The van der Waals surface area contributed by atoms with Crippen LogP contribution in [0.15, 0.2) is 53.3 Å². The van der Waals surface area contributed by atoms with Crippen molar-refractivity contribution in [2.75, 3.05) is 7.11 Å². The molecule has 0 atom stereocenters. The Kier molecular flexibility index (Phi) is 4.51. The highest BCUT2D eigenvalue weighted by molar-refractivity contribution is 7.15. The van der Waals surface area contributed by atoms with Crippen molar-refractivity contribution in [1.29, 1.82) is 0 Å². The van der Waals surface area contributed by atoms with Crippen molar-refractivity contribution in [1.82, 2.24) is 14.6 Å². The third kappa shape index (κ3) is 3.43. The minimum atomic E-state index is -0.152. The summed E-state index contributed by atoms with van der Waals surface area (Å²) >= 11 is 1.34. The summed E-state index contributed by atoms with van der Waals surface area (Å²) in [4.78, 5) is 17.9. The molecule has 4 rings (SSSR count). The summed E-state index contributed by atoms with van der Waals surface area (Å²) in [7, 11) is 1.63. The van der Waals surface area contributed by atoms with Gasteiger partial charge in [-0.15, -0.1) is 5.10 Å². The SMILES string of the molecule is COc1ccc(C=c2sc3nc(-c4ccc(C(C)(C)C)cc4)nn3c2=O)cc1.